The summed E-state index contributed by atoms with van der Waals surface area (Å²) in [6.45, 7) is 4.44. The lowest BCUT2D eigenvalue weighted by atomic mass is 9.81. The largest absolute Gasteiger partial charge is 0.506 e. The molecular formula is C41H51FN4O6. The zero-order valence-electron chi connectivity index (χ0n) is 29.7. The van der Waals surface area contributed by atoms with Gasteiger partial charge in [0, 0.05) is 24.5 Å². The minimum Gasteiger partial charge on any atom is -0.506 e. The molecule has 0 aliphatic carbocycles. The van der Waals surface area contributed by atoms with Crippen molar-refractivity contribution >= 4 is 17.0 Å². The molecule has 52 heavy (non-hydrogen) atoms. The van der Waals surface area contributed by atoms with Crippen LogP contribution in [0.25, 0.3) is 10.9 Å². The highest BCUT2D eigenvalue weighted by Gasteiger charge is 2.43. The Morgan fingerprint density at radius 3 is 2.37 bits per heavy atom. The number of aliphatic hydroxyl groups is 1. The van der Waals surface area contributed by atoms with E-state index in [1.54, 1.807) is 23.1 Å². The summed E-state index contributed by atoms with van der Waals surface area (Å²) >= 11 is 0. The summed E-state index contributed by atoms with van der Waals surface area (Å²) in [4.78, 5) is 31.1. The number of piperidine rings is 3. The topological polar surface area (TPSA) is 138 Å². The smallest absolute Gasteiger partial charge is 0.408 e. The molecule has 0 spiro atoms. The molecule has 4 heterocycles. The molecule has 1 amide bonds. The summed E-state index contributed by atoms with van der Waals surface area (Å²) in [7, 11) is 0. The predicted octanol–water partition coefficient (Wildman–Crippen LogP) is 6.97. The van der Waals surface area contributed by atoms with Gasteiger partial charge in [-0.2, -0.15) is 0 Å². The number of aromatic hydroxyl groups is 1. The molecule has 2 bridgehead atoms. The van der Waals surface area contributed by atoms with E-state index in [1.165, 1.54) is 24.3 Å². The predicted molar refractivity (Wildman–Crippen MR) is 199 cm³/mol. The number of nitrogens with one attached hydrogen (secondary N) is 2. The van der Waals surface area contributed by atoms with Gasteiger partial charge >= 0.3 is 6.09 Å². The summed E-state index contributed by atoms with van der Waals surface area (Å²) in [5, 5.41) is 35.3. The number of H-pyrrole nitrogens is 1. The number of aliphatic hydroxyl groups excluding tert-OH is 1. The number of amides is 1. The normalized spacial score (nSPS) is 19.4. The number of pyridine rings is 1. The van der Waals surface area contributed by atoms with E-state index in [0.717, 1.165) is 83.0 Å². The lowest BCUT2D eigenvalue weighted by molar-refractivity contribution is -0.000849. The highest BCUT2D eigenvalue weighted by Crippen LogP contribution is 2.39. The summed E-state index contributed by atoms with van der Waals surface area (Å²) in [6, 6.07) is 19.3. The fourth-order valence-corrected chi connectivity index (χ4v) is 7.98. The quantitative estimate of drug-likeness (QED) is 0.0698. The molecule has 0 saturated carbocycles. The van der Waals surface area contributed by atoms with E-state index in [0.29, 0.717) is 53.4 Å². The molecule has 3 atom stereocenters. The van der Waals surface area contributed by atoms with Crippen LogP contribution in [0.4, 0.5) is 9.18 Å². The SMILES string of the molecule is O=C(O)N(C(c1cccc(F)c1)c1cccc(OCCCCCCCCCNC[C@H](O)c2ccc(O)c3[nH]c(=O)ccc23)c1)[C@H]1CN2CCC1CC2. The van der Waals surface area contributed by atoms with Crippen molar-refractivity contribution in [2.45, 2.75) is 76.0 Å². The van der Waals surface area contributed by atoms with Gasteiger partial charge in [-0.25, -0.2) is 9.18 Å². The van der Waals surface area contributed by atoms with Crippen molar-refractivity contribution in [2.24, 2.45) is 5.92 Å². The van der Waals surface area contributed by atoms with E-state index in [-0.39, 0.29) is 23.2 Å². The molecule has 7 rings (SSSR count). The molecule has 4 aromatic rings. The molecule has 3 fully saturated rings. The van der Waals surface area contributed by atoms with Crippen LogP contribution in [-0.2, 0) is 0 Å². The number of rotatable bonds is 18. The number of aromatic nitrogens is 1. The number of hydrogen-bond donors (Lipinski definition) is 5. The highest BCUT2D eigenvalue weighted by molar-refractivity contribution is 5.87. The van der Waals surface area contributed by atoms with Crippen LogP contribution in [0, 0.1) is 11.7 Å². The first-order valence-corrected chi connectivity index (χ1v) is 18.7. The first kappa shape index (κ1) is 37.3. The molecule has 3 aliphatic heterocycles. The average molecular weight is 715 g/mol. The van der Waals surface area contributed by atoms with E-state index in [9.17, 15) is 29.3 Å². The second-order valence-electron chi connectivity index (χ2n) is 14.3. The van der Waals surface area contributed by atoms with Crippen LogP contribution >= 0.6 is 0 Å². The summed E-state index contributed by atoms with van der Waals surface area (Å²) < 4.78 is 20.6. The van der Waals surface area contributed by atoms with Crippen LogP contribution in [0.2, 0.25) is 0 Å². The monoisotopic (exact) mass is 714 g/mol. The van der Waals surface area contributed by atoms with Gasteiger partial charge in [-0.15, -0.1) is 0 Å². The van der Waals surface area contributed by atoms with E-state index < -0.39 is 18.2 Å². The molecule has 3 aromatic carbocycles. The third-order valence-corrected chi connectivity index (χ3v) is 10.7. The number of phenolic OH excluding ortho intramolecular Hbond substituents is 1. The Labute approximate surface area is 304 Å². The van der Waals surface area contributed by atoms with Crippen molar-refractivity contribution in [3.8, 4) is 11.5 Å². The molecule has 5 N–H and O–H groups in total. The van der Waals surface area contributed by atoms with Gasteiger partial charge in [-0.3, -0.25) is 9.69 Å². The van der Waals surface area contributed by atoms with Crippen molar-refractivity contribution in [3.05, 3.63) is 106 Å². The van der Waals surface area contributed by atoms with E-state index in [2.05, 4.69) is 15.2 Å². The highest BCUT2D eigenvalue weighted by atomic mass is 19.1. The maximum Gasteiger partial charge on any atom is 0.408 e. The number of ether oxygens (including phenoxy) is 1. The van der Waals surface area contributed by atoms with Gasteiger partial charge < -0.3 is 35.3 Å². The number of hydrogen-bond acceptors (Lipinski definition) is 7. The third kappa shape index (κ3) is 9.31. The second kappa shape index (κ2) is 17.9. The zero-order valence-corrected chi connectivity index (χ0v) is 29.7. The number of halogens is 1. The Kier molecular flexibility index (Phi) is 12.8. The summed E-state index contributed by atoms with van der Waals surface area (Å²) in [5.41, 5.74) is 2.08. The van der Waals surface area contributed by atoms with Gasteiger partial charge in [0.05, 0.1) is 30.3 Å². The Bertz CT molecular complexity index is 1840. The molecule has 11 heteroatoms. The summed E-state index contributed by atoms with van der Waals surface area (Å²) in [5.74, 6) is 0.570. The number of benzene rings is 3. The molecule has 0 radical (unpaired) electrons. The molecule has 1 unspecified atom stereocenters. The average Bonchev–Trinajstić information content (AvgIpc) is 3.15. The number of aromatic amines is 1. The van der Waals surface area contributed by atoms with E-state index >= 15 is 0 Å². The van der Waals surface area contributed by atoms with Gasteiger partial charge in [0.1, 0.15) is 17.3 Å². The standard InChI is InChI=1S/C41H51FN4O6/c42-31-12-8-10-29(24-31)40(46(41(50)51)35-27-45-21-18-28(35)19-22-45)30-11-9-13-32(25-30)52-23-7-5-3-1-2-4-6-20-43-26-37(48)33-14-16-36(47)39-34(33)15-17-38(49)44-39/h8-17,24-25,28,35,37,40,43,47-48H,1-7,18-23,26-27H2,(H,44,49)(H,50,51)/t35-,37-,40?/m0/s1. The molecule has 3 aliphatic rings. The fourth-order valence-electron chi connectivity index (χ4n) is 7.98. The van der Waals surface area contributed by atoms with E-state index in [4.69, 9.17) is 4.74 Å². The molecule has 1 aromatic heterocycles. The fraction of sp³-hybridized carbons (Fsp3) is 0.463. The number of phenols is 1. The van der Waals surface area contributed by atoms with Crippen LogP contribution in [0.1, 0.15) is 86.6 Å². The minimum absolute atomic E-state index is 0.0215. The van der Waals surface area contributed by atoms with E-state index in [1.807, 2.05) is 30.3 Å². The van der Waals surface area contributed by atoms with Gasteiger partial charge in [0.15, 0.2) is 0 Å². The van der Waals surface area contributed by atoms with Crippen molar-refractivity contribution in [1.82, 2.24) is 20.1 Å². The molecular weight excluding hydrogens is 663 g/mol. The van der Waals surface area contributed by atoms with Crippen molar-refractivity contribution < 1.29 is 29.2 Å². The van der Waals surface area contributed by atoms with Gasteiger partial charge in [0.2, 0.25) is 5.56 Å². The van der Waals surface area contributed by atoms with Crippen LogP contribution < -0.4 is 15.6 Å². The molecule has 10 nitrogen and oxygen atoms in total. The number of carbonyl (C=O) groups is 1. The second-order valence-corrected chi connectivity index (χ2v) is 14.3. The van der Waals surface area contributed by atoms with Gasteiger partial charge in [-0.1, -0.05) is 62.4 Å². The van der Waals surface area contributed by atoms with Crippen LogP contribution in [0.15, 0.2) is 77.6 Å². The number of fused-ring (bicyclic) bond motifs is 4. The van der Waals surface area contributed by atoms with Crippen LogP contribution in [-0.4, -0.2) is 81.6 Å². The maximum atomic E-state index is 14.5. The Morgan fingerprint density at radius 1 is 0.942 bits per heavy atom. The Hall–Kier alpha value is -4.45. The first-order valence-electron chi connectivity index (χ1n) is 18.7. The van der Waals surface area contributed by atoms with Crippen molar-refractivity contribution in [2.75, 3.05) is 39.3 Å². The van der Waals surface area contributed by atoms with Crippen molar-refractivity contribution in [1.29, 1.82) is 0 Å². The Morgan fingerprint density at radius 2 is 1.65 bits per heavy atom. The van der Waals surface area contributed by atoms with Crippen LogP contribution in [0.3, 0.4) is 0 Å². The van der Waals surface area contributed by atoms with Gasteiger partial charge in [-0.05, 0) is 104 Å². The number of unbranched alkanes of at least 4 members (excludes halogenated alkanes) is 6. The first-order chi connectivity index (χ1) is 25.3. The lowest BCUT2D eigenvalue weighted by Gasteiger charge is -2.50. The Balaban J connectivity index is 0.915. The van der Waals surface area contributed by atoms with Gasteiger partial charge in [0.25, 0.3) is 0 Å². The third-order valence-electron chi connectivity index (χ3n) is 10.7. The zero-order chi connectivity index (χ0) is 36.5. The number of carboxylic acid groups (broad SMARTS) is 1. The number of nitrogens with zero attached hydrogens (tertiary/aromatic N) is 2. The maximum absolute atomic E-state index is 14.5. The summed E-state index contributed by atoms with van der Waals surface area (Å²) in [6.07, 6.45) is 7.63. The van der Waals surface area contributed by atoms with Crippen molar-refractivity contribution in [3.63, 3.8) is 0 Å². The minimum atomic E-state index is -0.991. The lowest BCUT2D eigenvalue weighted by Crippen LogP contribution is -2.59. The van der Waals surface area contributed by atoms with Crippen LogP contribution in [0.5, 0.6) is 11.5 Å². The molecule has 278 valence electrons. The molecule has 3 saturated heterocycles.